The summed E-state index contributed by atoms with van der Waals surface area (Å²) in [5, 5.41) is 3.75. The van der Waals surface area contributed by atoms with Gasteiger partial charge in [-0.05, 0) is 19.3 Å². The van der Waals surface area contributed by atoms with E-state index in [1.54, 1.807) is 18.2 Å². The van der Waals surface area contributed by atoms with Gasteiger partial charge in [0.15, 0.2) is 5.76 Å². The van der Waals surface area contributed by atoms with E-state index in [9.17, 15) is 8.42 Å². The molecule has 0 bridgehead atoms. The molecular formula is C14H25N3O3S. The van der Waals surface area contributed by atoms with Crippen molar-refractivity contribution < 1.29 is 12.9 Å². The first-order chi connectivity index (χ1) is 9.61. The summed E-state index contributed by atoms with van der Waals surface area (Å²) in [5.41, 5.74) is 0.660. The van der Waals surface area contributed by atoms with Crippen LogP contribution >= 0.6 is 0 Å². The highest BCUT2D eigenvalue weighted by molar-refractivity contribution is 7.89. The Hall–Kier alpha value is -0.920. The smallest absolute Gasteiger partial charge is 0.248 e. The molecule has 0 amide bonds. The van der Waals surface area contributed by atoms with Crippen molar-refractivity contribution in [3.63, 3.8) is 0 Å². The molecule has 1 aliphatic rings. The Morgan fingerprint density at radius 2 is 1.71 bits per heavy atom. The SMILES string of the molecule is Cc1noc(C)c1S(=O)(=O)N1CCN(CC(C)(C)C)CC1. The molecule has 0 spiro atoms. The normalized spacial score (nSPS) is 19.1. The highest BCUT2D eigenvalue weighted by atomic mass is 32.2. The van der Waals surface area contributed by atoms with Crippen molar-refractivity contribution in [1.82, 2.24) is 14.4 Å². The lowest BCUT2D eigenvalue weighted by atomic mass is 9.96. The summed E-state index contributed by atoms with van der Waals surface area (Å²) in [6.07, 6.45) is 0. The van der Waals surface area contributed by atoms with Gasteiger partial charge in [0.25, 0.3) is 0 Å². The van der Waals surface area contributed by atoms with Gasteiger partial charge in [0.05, 0.1) is 0 Å². The van der Waals surface area contributed by atoms with E-state index in [0.717, 1.165) is 19.6 Å². The van der Waals surface area contributed by atoms with Crippen molar-refractivity contribution in [2.75, 3.05) is 32.7 Å². The van der Waals surface area contributed by atoms with Crippen LogP contribution in [0.3, 0.4) is 0 Å². The van der Waals surface area contributed by atoms with Crippen LogP contribution in [0.15, 0.2) is 9.42 Å². The predicted molar refractivity (Wildman–Crippen MR) is 80.6 cm³/mol. The second-order valence-corrected chi connectivity index (χ2v) is 8.77. The zero-order valence-corrected chi connectivity index (χ0v) is 14.3. The second kappa shape index (κ2) is 5.70. The molecule has 1 aliphatic heterocycles. The van der Waals surface area contributed by atoms with E-state index in [4.69, 9.17) is 4.52 Å². The molecule has 1 fully saturated rings. The fraction of sp³-hybridized carbons (Fsp3) is 0.786. The second-order valence-electron chi connectivity index (χ2n) is 6.89. The first-order valence-electron chi connectivity index (χ1n) is 7.27. The molecule has 0 aliphatic carbocycles. The van der Waals surface area contributed by atoms with Crippen molar-refractivity contribution >= 4 is 10.0 Å². The van der Waals surface area contributed by atoms with Crippen LogP contribution in [0.25, 0.3) is 0 Å². The van der Waals surface area contributed by atoms with E-state index in [1.807, 2.05) is 0 Å². The zero-order chi connectivity index (χ0) is 15.8. The van der Waals surface area contributed by atoms with E-state index in [1.165, 1.54) is 0 Å². The van der Waals surface area contributed by atoms with Gasteiger partial charge < -0.3 is 9.42 Å². The Bertz CT molecular complexity index is 574. The van der Waals surface area contributed by atoms with Gasteiger partial charge >= 0.3 is 0 Å². The Kier molecular flexibility index (Phi) is 4.46. The average Bonchev–Trinajstić information content (AvgIpc) is 2.68. The third-order valence-electron chi connectivity index (χ3n) is 3.59. The molecule has 1 aromatic rings. The highest BCUT2D eigenvalue weighted by Gasteiger charge is 2.33. The van der Waals surface area contributed by atoms with Crippen molar-refractivity contribution in [2.45, 2.75) is 39.5 Å². The molecule has 0 unspecified atom stereocenters. The molecule has 7 heteroatoms. The van der Waals surface area contributed by atoms with Crippen LogP contribution in [0.1, 0.15) is 32.2 Å². The number of aromatic nitrogens is 1. The lowest BCUT2D eigenvalue weighted by Gasteiger charge is -2.37. The van der Waals surface area contributed by atoms with E-state index in [2.05, 4.69) is 30.8 Å². The molecule has 1 aromatic heterocycles. The fourth-order valence-electron chi connectivity index (χ4n) is 2.77. The molecule has 2 rings (SSSR count). The number of piperazine rings is 1. The summed E-state index contributed by atoms with van der Waals surface area (Å²) < 4.78 is 31.9. The summed E-state index contributed by atoms with van der Waals surface area (Å²) in [6, 6.07) is 0. The Balaban J connectivity index is 2.08. The molecule has 21 heavy (non-hydrogen) atoms. The molecule has 0 radical (unpaired) electrons. The molecule has 120 valence electrons. The third-order valence-corrected chi connectivity index (χ3v) is 5.74. The lowest BCUT2D eigenvalue weighted by Crippen LogP contribution is -2.50. The summed E-state index contributed by atoms with van der Waals surface area (Å²) in [4.78, 5) is 2.55. The monoisotopic (exact) mass is 315 g/mol. The Morgan fingerprint density at radius 1 is 1.14 bits per heavy atom. The standard InChI is InChI=1S/C14H25N3O3S/c1-11-13(12(2)20-15-11)21(18,19)17-8-6-16(7-9-17)10-14(3,4)5/h6-10H2,1-5H3. The van der Waals surface area contributed by atoms with Gasteiger partial charge in [-0.1, -0.05) is 25.9 Å². The number of sulfonamides is 1. The van der Waals surface area contributed by atoms with Crippen LogP contribution in [0.5, 0.6) is 0 Å². The van der Waals surface area contributed by atoms with Crippen molar-refractivity contribution in [3.8, 4) is 0 Å². The minimum Gasteiger partial charge on any atom is -0.360 e. The maximum atomic E-state index is 12.7. The molecular weight excluding hydrogens is 290 g/mol. The van der Waals surface area contributed by atoms with Gasteiger partial charge in [-0.3, -0.25) is 0 Å². The summed E-state index contributed by atoms with van der Waals surface area (Å²) >= 11 is 0. The van der Waals surface area contributed by atoms with Crippen LogP contribution in [-0.4, -0.2) is 55.5 Å². The average molecular weight is 315 g/mol. The molecule has 0 N–H and O–H groups in total. The van der Waals surface area contributed by atoms with E-state index in [-0.39, 0.29) is 10.3 Å². The minimum absolute atomic E-state index is 0.225. The number of nitrogens with zero attached hydrogens (tertiary/aromatic N) is 3. The molecule has 0 aromatic carbocycles. The Morgan fingerprint density at radius 3 is 2.14 bits per heavy atom. The topological polar surface area (TPSA) is 66.7 Å². The van der Waals surface area contributed by atoms with Crippen LogP contribution in [0.2, 0.25) is 0 Å². The van der Waals surface area contributed by atoms with Crippen LogP contribution < -0.4 is 0 Å². The van der Waals surface area contributed by atoms with E-state index >= 15 is 0 Å². The molecule has 0 atom stereocenters. The van der Waals surface area contributed by atoms with Gasteiger partial charge in [0.2, 0.25) is 10.0 Å². The Labute approximate surface area is 127 Å². The largest absolute Gasteiger partial charge is 0.360 e. The maximum Gasteiger partial charge on any atom is 0.248 e. The van der Waals surface area contributed by atoms with Gasteiger partial charge in [-0.15, -0.1) is 0 Å². The highest BCUT2D eigenvalue weighted by Crippen LogP contribution is 2.25. The zero-order valence-electron chi connectivity index (χ0n) is 13.5. The van der Waals surface area contributed by atoms with Crippen molar-refractivity contribution in [1.29, 1.82) is 0 Å². The predicted octanol–water partition coefficient (Wildman–Crippen LogP) is 1.64. The van der Waals surface area contributed by atoms with E-state index < -0.39 is 10.0 Å². The van der Waals surface area contributed by atoms with Gasteiger partial charge in [0, 0.05) is 32.7 Å². The number of hydrogen-bond donors (Lipinski definition) is 0. The lowest BCUT2D eigenvalue weighted by molar-refractivity contribution is 0.141. The van der Waals surface area contributed by atoms with Crippen molar-refractivity contribution in [3.05, 3.63) is 11.5 Å². The van der Waals surface area contributed by atoms with Gasteiger partial charge in [0.1, 0.15) is 10.6 Å². The summed E-state index contributed by atoms with van der Waals surface area (Å²) in [5.74, 6) is 0.365. The minimum atomic E-state index is -3.50. The number of hydrogen-bond acceptors (Lipinski definition) is 5. The van der Waals surface area contributed by atoms with Crippen LogP contribution in [0.4, 0.5) is 0 Å². The maximum absolute atomic E-state index is 12.7. The van der Waals surface area contributed by atoms with E-state index in [0.29, 0.717) is 24.5 Å². The van der Waals surface area contributed by atoms with Crippen LogP contribution in [-0.2, 0) is 10.0 Å². The first-order valence-corrected chi connectivity index (χ1v) is 8.71. The fourth-order valence-corrected chi connectivity index (χ4v) is 4.48. The van der Waals surface area contributed by atoms with Crippen molar-refractivity contribution in [2.24, 2.45) is 5.41 Å². The number of aryl methyl sites for hydroxylation is 2. The van der Waals surface area contributed by atoms with Gasteiger partial charge in [-0.25, -0.2) is 8.42 Å². The third kappa shape index (κ3) is 3.64. The molecule has 6 nitrogen and oxygen atoms in total. The molecule has 0 saturated carbocycles. The molecule has 1 saturated heterocycles. The summed E-state index contributed by atoms with van der Waals surface area (Å²) in [7, 11) is -3.50. The quantitative estimate of drug-likeness (QED) is 0.848. The summed E-state index contributed by atoms with van der Waals surface area (Å²) in [6.45, 7) is 13.4. The molecule has 2 heterocycles. The number of rotatable bonds is 3. The van der Waals surface area contributed by atoms with Crippen LogP contribution in [0, 0.1) is 19.3 Å². The first kappa shape index (κ1) is 16.5. The van der Waals surface area contributed by atoms with Gasteiger partial charge in [-0.2, -0.15) is 4.31 Å².